The van der Waals surface area contributed by atoms with Crippen molar-refractivity contribution in [2.75, 3.05) is 13.2 Å². The van der Waals surface area contributed by atoms with E-state index in [4.69, 9.17) is 4.74 Å². The van der Waals surface area contributed by atoms with Gasteiger partial charge in [-0.15, -0.1) is 10.2 Å². The van der Waals surface area contributed by atoms with Crippen LogP contribution < -0.4 is 5.32 Å². The Kier molecular flexibility index (Phi) is 4.76. The highest BCUT2D eigenvalue weighted by Crippen LogP contribution is 1.90. The van der Waals surface area contributed by atoms with Gasteiger partial charge < -0.3 is 14.6 Å². The number of hydrogen-bond acceptors (Lipinski definition) is 5. The summed E-state index contributed by atoms with van der Waals surface area (Å²) in [5, 5.41) is 10.7. The molecule has 0 aliphatic carbocycles. The quantitative estimate of drug-likeness (QED) is 0.525. The summed E-state index contributed by atoms with van der Waals surface area (Å²) in [5.41, 5.74) is 0. The van der Waals surface area contributed by atoms with E-state index >= 15 is 0 Å². The van der Waals surface area contributed by atoms with Crippen molar-refractivity contribution < 1.29 is 9.53 Å². The fourth-order valence-electron chi connectivity index (χ4n) is 1.09. The molecule has 0 radical (unpaired) electrons. The summed E-state index contributed by atoms with van der Waals surface area (Å²) in [6.07, 6.45) is 2.02. The van der Waals surface area contributed by atoms with E-state index in [0.717, 1.165) is 5.82 Å². The first-order valence-electron chi connectivity index (χ1n) is 4.93. The molecule has 0 amide bonds. The van der Waals surface area contributed by atoms with Crippen LogP contribution >= 0.6 is 0 Å². The number of nitrogens with zero attached hydrogens (tertiary/aromatic N) is 3. The number of ether oxygens (including phenoxy) is 1. The first-order chi connectivity index (χ1) is 7.24. The maximum Gasteiger partial charge on any atom is 0.307 e. The van der Waals surface area contributed by atoms with E-state index in [2.05, 4.69) is 15.5 Å². The Morgan fingerprint density at radius 2 is 2.47 bits per heavy atom. The highest BCUT2D eigenvalue weighted by molar-refractivity contribution is 5.69. The number of nitrogens with one attached hydrogen (secondary N) is 1. The van der Waals surface area contributed by atoms with Crippen LogP contribution in [0.1, 0.15) is 19.2 Å². The maximum atomic E-state index is 11.0. The molecule has 0 saturated carbocycles. The minimum absolute atomic E-state index is 0.178. The Bertz CT molecular complexity index is 311. The summed E-state index contributed by atoms with van der Waals surface area (Å²) in [4.78, 5) is 11.0. The Morgan fingerprint density at radius 3 is 3.07 bits per heavy atom. The summed E-state index contributed by atoms with van der Waals surface area (Å²) in [5.74, 6) is 0.668. The topological polar surface area (TPSA) is 69.0 Å². The summed E-state index contributed by atoms with van der Waals surface area (Å²) >= 11 is 0. The smallest absolute Gasteiger partial charge is 0.307 e. The Morgan fingerprint density at radius 1 is 1.67 bits per heavy atom. The second-order valence-electron chi connectivity index (χ2n) is 3.09. The van der Waals surface area contributed by atoms with Crippen molar-refractivity contribution in [3.05, 3.63) is 12.2 Å². The molecule has 1 N–H and O–H groups in total. The molecular weight excluding hydrogens is 196 g/mol. The highest BCUT2D eigenvalue weighted by atomic mass is 16.5. The van der Waals surface area contributed by atoms with Crippen LogP contribution in [0.4, 0.5) is 0 Å². The second-order valence-corrected chi connectivity index (χ2v) is 3.09. The largest absolute Gasteiger partial charge is 0.466 e. The summed E-state index contributed by atoms with van der Waals surface area (Å²) in [6.45, 7) is 3.43. The first-order valence-corrected chi connectivity index (χ1v) is 4.93. The normalized spacial score (nSPS) is 10.3. The second kappa shape index (κ2) is 6.13. The summed E-state index contributed by atoms with van der Waals surface area (Å²) in [7, 11) is 1.88. The van der Waals surface area contributed by atoms with Crippen LogP contribution in [0.15, 0.2) is 6.33 Å². The van der Waals surface area contributed by atoms with Crippen molar-refractivity contribution >= 4 is 5.97 Å². The van der Waals surface area contributed by atoms with E-state index in [1.54, 1.807) is 13.3 Å². The lowest BCUT2D eigenvalue weighted by Crippen LogP contribution is -2.20. The molecule has 1 rings (SSSR count). The Hall–Kier alpha value is -1.43. The van der Waals surface area contributed by atoms with Gasteiger partial charge >= 0.3 is 5.97 Å². The molecule has 0 aromatic carbocycles. The van der Waals surface area contributed by atoms with E-state index in [-0.39, 0.29) is 5.97 Å². The van der Waals surface area contributed by atoms with Crippen molar-refractivity contribution in [1.29, 1.82) is 0 Å². The van der Waals surface area contributed by atoms with Gasteiger partial charge in [0, 0.05) is 13.6 Å². The van der Waals surface area contributed by atoms with Gasteiger partial charge in [0.15, 0.2) is 0 Å². The van der Waals surface area contributed by atoms with Crippen LogP contribution in [0.5, 0.6) is 0 Å². The Labute approximate surface area is 88.6 Å². The molecule has 0 aliphatic rings. The number of carbonyl (C=O) groups excluding carboxylic acids is 1. The molecule has 0 unspecified atom stereocenters. The molecule has 0 fully saturated rings. The minimum atomic E-state index is -0.178. The van der Waals surface area contributed by atoms with E-state index in [1.807, 2.05) is 11.6 Å². The molecule has 6 nitrogen and oxygen atoms in total. The van der Waals surface area contributed by atoms with Crippen LogP contribution in [0, 0.1) is 0 Å². The number of esters is 1. The fraction of sp³-hybridized carbons (Fsp3) is 0.667. The molecule has 1 aromatic heterocycles. The van der Waals surface area contributed by atoms with Crippen LogP contribution in [-0.4, -0.2) is 33.9 Å². The van der Waals surface area contributed by atoms with Crippen molar-refractivity contribution in [3.8, 4) is 0 Å². The number of carbonyl (C=O) groups is 1. The number of hydrogen-bond donors (Lipinski definition) is 1. The molecule has 15 heavy (non-hydrogen) atoms. The van der Waals surface area contributed by atoms with E-state index in [1.165, 1.54) is 0 Å². The third-order valence-corrected chi connectivity index (χ3v) is 1.90. The fourth-order valence-corrected chi connectivity index (χ4v) is 1.09. The van der Waals surface area contributed by atoms with Gasteiger partial charge in [-0.25, -0.2) is 0 Å². The van der Waals surface area contributed by atoms with Gasteiger partial charge in [0.2, 0.25) is 0 Å². The van der Waals surface area contributed by atoms with Crippen LogP contribution in [0.2, 0.25) is 0 Å². The number of aryl methyl sites for hydroxylation is 1. The van der Waals surface area contributed by atoms with E-state index in [9.17, 15) is 4.79 Å². The molecule has 1 aromatic rings. The predicted molar refractivity (Wildman–Crippen MR) is 54.0 cm³/mol. The zero-order valence-electron chi connectivity index (χ0n) is 9.06. The average Bonchev–Trinajstić information content (AvgIpc) is 2.60. The van der Waals surface area contributed by atoms with Gasteiger partial charge in [-0.1, -0.05) is 0 Å². The number of rotatable bonds is 6. The molecule has 0 aliphatic heterocycles. The van der Waals surface area contributed by atoms with Crippen molar-refractivity contribution in [3.63, 3.8) is 0 Å². The summed E-state index contributed by atoms with van der Waals surface area (Å²) in [6, 6.07) is 0. The Balaban J connectivity index is 2.12. The lowest BCUT2D eigenvalue weighted by Gasteiger charge is -2.03. The van der Waals surface area contributed by atoms with Gasteiger partial charge in [-0.2, -0.15) is 0 Å². The van der Waals surface area contributed by atoms with Gasteiger partial charge in [-0.05, 0) is 6.92 Å². The van der Waals surface area contributed by atoms with E-state index in [0.29, 0.717) is 26.1 Å². The molecular formula is C9H16N4O2. The zero-order valence-corrected chi connectivity index (χ0v) is 9.06. The molecule has 0 atom stereocenters. The molecule has 6 heteroatoms. The highest BCUT2D eigenvalue weighted by Gasteiger charge is 2.02. The molecule has 1 heterocycles. The number of aromatic nitrogens is 3. The lowest BCUT2D eigenvalue weighted by molar-refractivity contribution is -0.142. The van der Waals surface area contributed by atoms with Crippen LogP contribution in [0.3, 0.4) is 0 Å². The van der Waals surface area contributed by atoms with E-state index < -0.39 is 0 Å². The summed E-state index contributed by atoms with van der Waals surface area (Å²) < 4.78 is 6.62. The zero-order chi connectivity index (χ0) is 11.1. The minimum Gasteiger partial charge on any atom is -0.466 e. The van der Waals surface area contributed by atoms with Crippen molar-refractivity contribution in [1.82, 2.24) is 20.1 Å². The van der Waals surface area contributed by atoms with Gasteiger partial charge in [-0.3, -0.25) is 4.79 Å². The predicted octanol–water partition coefficient (Wildman–Crippen LogP) is -0.142. The van der Waals surface area contributed by atoms with Gasteiger partial charge in [0.1, 0.15) is 12.2 Å². The van der Waals surface area contributed by atoms with Gasteiger partial charge in [0.05, 0.1) is 19.6 Å². The standard InChI is InChI=1S/C9H16N4O2/c1-3-15-9(14)4-5-10-6-8-12-11-7-13(8)2/h7,10H,3-6H2,1-2H3. The monoisotopic (exact) mass is 212 g/mol. The molecule has 0 bridgehead atoms. The SMILES string of the molecule is CCOC(=O)CCNCc1nncn1C. The lowest BCUT2D eigenvalue weighted by atomic mass is 10.4. The maximum absolute atomic E-state index is 11.0. The molecule has 0 spiro atoms. The first kappa shape index (κ1) is 11.6. The van der Waals surface area contributed by atoms with Crippen molar-refractivity contribution in [2.45, 2.75) is 19.9 Å². The molecule has 0 saturated heterocycles. The third kappa shape index (κ3) is 4.07. The average molecular weight is 212 g/mol. The van der Waals surface area contributed by atoms with Crippen molar-refractivity contribution in [2.24, 2.45) is 7.05 Å². The van der Waals surface area contributed by atoms with Gasteiger partial charge in [0.25, 0.3) is 0 Å². The van der Waals surface area contributed by atoms with Crippen LogP contribution in [-0.2, 0) is 23.1 Å². The third-order valence-electron chi connectivity index (χ3n) is 1.90. The molecule has 84 valence electrons. The van der Waals surface area contributed by atoms with Crippen LogP contribution in [0.25, 0.3) is 0 Å².